The molecule has 6 heteroatoms. The summed E-state index contributed by atoms with van der Waals surface area (Å²) < 4.78 is 0.940. The highest BCUT2D eigenvalue weighted by Gasteiger charge is 2.37. The van der Waals surface area contributed by atoms with Crippen molar-refractivity contribution in [1.82, 2.24) is 4.98 Å². The van der Waals surface area contributed by atoms with Gasteiger partial charge in [-0.05, 0) is 36.8 Å². The van der Waals surface area contributed by atoms with Crippen molar-refractivity contribution in [3.05, 3.63) is 53.1 Å². The Morgan fingerprint density at radius 3 is 2.36 bits per heavy atom. The highest BCUT2D eigenvalue weighted by Crippen LogP contribution is 2.35. The van der Waals surface area contributed by atoms with Crippen molar-refractivity contribution in [2.45, 2.75) is 6.92 Å². The van der Waals surface area contributed by atoms with E-state index in [2.05, 4.69) is 4.98 Å². The maximum atomic E-state index is 12.6. The zero-order valence-corrected chi connectivity index (χ0v) is 12.5. The van der Waals surface area contributed by atoms with Gasteiger partial charge in [-0.2, -0.15) is 0 Å². The fraction of sp³-hybridized carbons (Fsp3) is 0.0625. The van der Waals surface area contributed by atoms with Gasteiger partial charge < -0.3 is 5.73 Å². The van der Waals surface area contributed by atoms with E-state index in [1.807, 2.05) is 13.0 Å². The zero-order chi connectivity index (χ0) is 15.4. The third-order valence-electron chi connectivity index (χ3n) is 3.76. The van der Waals surface area contributed by atoms with Crippen molar-refractivity contribution in [2.75, 3.05) is 10.6 Å². The summed E-state index contributed by atoms with van der Waals surface area (Å²) in [7, 11) is 0. The molecular weight excluding hydrogens is 298 g/mol. The van der Waals surface area contributed by atoms with Gasteiger partial charge in [0.25, 0.3) is 11.8 Å². The van der Waals surface area contributed by atoms with Crippen molar-refractivity contribution in [3.63, 3.8) is 0 Å². The molecule has 2 aromatic carbocycles. The van der Waals surface area contributed by atoms with E-state index in [9.17, 15) is 9.59 Å². The van der Waals surface area contributed by atoms with Gasteiger partial charge in [0.1, 0.15) is 0 Å². The Bertz CT molecular complexity index is 926. The molecular formula is C16H11N3O2S. The molecule has 0 unspecified atom stereocenters. The number of carbonyl (C=O) groups is 2. The molecule has 1 aromatic heterocycles. The van der Waals surface area contributed by atoms with Gasteiger partial charge >= 0.3 is 0 Å². The number of hydrogen-bond acceptors (Lipinski definition) is 5. The Kier molecular flexibility index (Phi) is 2.58. The standard InChI is InChI=1S/C16H11N3O2S/c1-8-6-13-11(18-16(17)22-13)7-12(8)19-14(20)9-4-2-3-5-10(9)15(19)21/h2-7H,1H3,(H2,17,18). The second-order valence-electron chi connectivity index (χ2n) is 5.15. The molecule has 3 aromatic rings. The Hall–Kier alpha value is -2.73. The summed E-state index contributed by atoms with van der Waals surface area (Å²) in [6, 6.07) is 10.5. The van der Waals surface area contributed by atoms with Crippen LogP contribution in [-0.4, -0.2) is 16.8 Å². The molecule has 0 spiro atoms. The lowest BCUT2D eigenvalue weighted by Crippen LogP contribution is -2.30. The van der Waals surface area contributed by atoms with Crippen molar-refractivity contribution in [3.8, 4) is 0 Å². The first kappa shape index (κ1) is 13.0. The minimum absolute atomic E-state index is 0.300. The average molecular weight is 309 g/mol. The topological polar surface area (TPSA) is 76.3 Å². The van der Waals surface area contributed by atoms with Crippen LogP contribution in [0.1, 0.15) is 26.3 Å². The molecule has 0 aliphatic carbocycles. The Morgan fingerprint density at radius 1 is 1.09 bits per heavy atom. The number of fused-ring (bicyclic) bond motifs is 2. The summed E-state index contributed by atoms with van der Waals surface area (Å²) in [6.07, 6.45) is 0. The summed E-state index contributed by atoms with van der Waals surface area (Å²) in [6.45, 7) is 1.87. The number of nitrogens with zero attached hydrogens (tertiary/aromatic N) is 2. The fourth-order valence-corrected chi connectivity index (χ4v) is 3.55. The number of aromatic nitrogens is 1. The smallest absolute Gasteiger partial charge is 0.266 e. The van der Waals surface area contributed by atoms with Gasteiger partial charge in [-0.15, -0.1) is 0 Å². The highest BCUT2D eigenvalue weighted by molar-refractivity contribution is 7.22. The SMILES string of the molecule is Cc1cc2sc(N)nc2cc1N1C(=O)c2ccccc2C1=O. The first-order valence-corrected chi connectivity index (χ1v) is 7.52. The molecule has 1 aliphatic heterocycles. The zero-order valence-electron chi connectivity index (χ0n) is 11.7. The lowest BCUT2D eigenvalue weighted by molar-refractivity contribution is 0.0926. The third kappa shape index (κ3) is 1.67. The van der Waals surface area contributed by atoms with E-state index >= 15 is 0 Å². The second kappa shape index (κ2) is 4.38. The molecule has 0 atom stereocenters. The average Bonchev–Trinajstić information content (AvgIpc) is 2.97. The second-order valence-corrected chi connectivity index (χ2v) is 6.21. The van der Waals surface area contributed by atoms with Gasteiger partial charge in [0.05, 0.1) is 27.0 Å². The van der Waals surface area contributed by atoms with Crippen molar-refractivity contribution < 1.29 is 9.59 Å². The Balaban J connectivity index is 1.91. The number of thiazole rings is 1. The molecule has 2 heterocycles. The summed E-state index contributed by atoms with van der Waals surface area (Å²) in [4.78, 5) is 30.6. The molecule has 22 heavy (non-hydrogen) atoms. The summed E-state index contributed by atoms with van der Waals surface area (Å²) in [5.41, 5.74) is 8.69. The fourth-order valence-electron chi connectivity index (χ4n) is 2.73. The maximum Gasteiger partial charge on any atom is 0.266 e. The molecule has 5 nitrogen and oxygen atoms in total. The van der Waals surface area contributed by atoms with Crippen LogP contribution in [0.2, 0.25) is 0 Å². The van der Waals surface area contributed by atoms with E-state index in [1.165, 1.54) is 16.2 Å². The monoisotopic (exact) mass is 309 g/mol. The van der Waals surface area contributed by atoms with E-state index in [4.69, 9.17) is 5.73 Å². The number of benzene rings is 2. The maximum absolute atomic E-state index is 12.6. The minimum Gasteiger partial charge on any atom is -0.375 e. The van der Waals surface area contributed by atoms with Gasteiger partial charge in [0.15, 0.2) is 5.13 Å². The normalized spacial score (nSPS) is 14.0. The molecule has 108 valence electrons. The third-order valence-corrected chi connectivity index (χ3v) is 4.60. The number of nitrogen functional groups attached to an aromatic ring is 1. The Morgan fingerprint density at radius 2 is 1.73 bits per heavy atom. The first-order valence-electron chi connectivity index (χ1n) is 6.71. The molecule has 4 rings (SSSR count). The van der Waals surface area contributed by atoms with Gasteiger partial charge in [-0.25, -0.2) is 9.88 Å². The van der Waals surface area contributed by atoms with Gasteiger partial charge in [0.2, 0.25) is 0 Å². The molecule has 0 saturated carbocycles. The number of aryl methyl sites for hydroxylation is 1. The molecule has 2 N–H and O–H groups in total. The molecule has 0 bridgehead atoms. The van der Waals surface area contributed by atoms with Crippen LogP contribution in [0.15, 0.2) is 36.4 Å². The van der Waals surface area contributed by atoms with Crippen molar-refractivity contribution in [1.29, 1.82) is 0 Å². The van der Waals surface area contributed by atoms with Crippen LogP contribution in [0.25, 0.3) is 10.2 Å². The lowest BCUT2D eigenvalue weighted by Gasteiger charge is -2.16. The van der Waals surface area contributed by atoms with Crippen LogP contribution in [0.5, 0.6) is 0 Å². The van der Waals surface area contributed by atoms with Crippen LogP contribution >= 0.6 is 11.3 Å². The molecule has 0 radical (unpaired) electrons. The molecule has 0 fully saturated rings. The van der Waals surface area contributed by atoms with Crippen molar-refractivity contribution in [2.24, 2.45) is 0 Å². The minimum atomic E-state index is -0.300. The summed E-state index contributed by atoms with van der Waals surface area (Å²) >= 11 is 1.38. The van der Waals surface area contributed by atoms with E-state index in [1.54, 1.807) is 30.3 Å². The van der Waals surface area contributed by atoms with Crippen LogP contribution in [0.3, 0.4) is 0 Å². The summed E-state index contributed by atoms with van der Waals surface area (Å²) in [5.74, 6) is -0.600. The van der Waals surface area contributed by atoms with Crippen LogP contribution in [0.4, 0.5) is 10.8 Å². The first-order chi connectivity index (χ1) is 10.6. The van der Waals surface area contributed by atoms with Gasteiger partial charge in [-0.1, -0.05) is 23.5 Å². The molecule has 0 saturated heterocycles. The number of imide groups is 1. The van der Waals surface area contributed by atoms with Crippen LogP contribution in [0, 0.1) is 6.92 Å². The summed E-state index contributed by atoms with van der Waals surface area (Å²) in [5, 5.41) is 0.467. The number of rotatable bonds is 1. The number of amides is 2. The quantitative estimate of drug-likeness (QED) is 0.701. The van der Waals surface area contributed by atoms with Crippen LogP contribution in [-0.2, 0) is 0 Å². The van der Waals surface area contributed by atoms with E-state index in [-0.39, 0.29) is 11.8 Å². The van der Waals surface area contributed by atoms with E-state index in [0.29, 0.717) is 27.5 Å². The number of anilines is 2. The van der Waals surface area contributed by atoms with Gasteiger partial charge in [-0.3, -0.25) is 9.59 Å². The van der Waals surface area contributed by atoms with E-state index < -0.39 is 0 Å². The predicted octanol–water partition coefficient (Wildman–Crippen LogP) is 2.99. The largest absolute Gasteiger partial charge is 0.375 e. The predicted molar refractivity (Wildman–Crippen MR) is 86.4 cm³/mol. The Labute approximate surface area is 130 Å². The van der Waals surface area contributed by atoms with Gasteiger partial charge in [0, 0.05) is 0 Å². The molecule has 2 amide bonds. The number of carbonyl (C=O) groups excluding carboxylic acids is 2. The van der Waals surface area contributed by atoms with E-state index in [0.717, 1.165) is 10.3 Å². The highest BCUT2D eigenvalue weighted by atomic mass is 32.1. The lowest BCUT2D eigenvalue weighted by atomic mass is 10.1. The van der Waals surface area contributed by atoms with Crippen molar-refractivity contribution >= 4 is 44.2 Å². The van der Waals surface area contributed by atoms with Crippen LogP contribution < -0.4 is 10.6 Å². The number of nitrogens with two attached hydrogens (primary N) is 1. The molecule has 1 aliphatic rings. The number of hydrogen-bond donors (Lipinski definition) is 1.